The lowest BCUT2D eigenvalue weighted by molar-refractivity contribution is 0.0912. The fourth-order valence-electron chi connectivity index (χ4n) is 2.76. The number of amides is 1. The van der Waals surface area contributed by atoms with Gasteiger partial charge in [-0.05, 0) is 31.2 Å². The Labute approximate surface area is 139 Å². The van der Waals surface area contributed by atoms with E-state index in [0.717, 1.165) is 49.5 Å². The Morgan fingerprint density at radius 2 is 2.23 bits per heavy atom. The van der Waals surface area contributed by atoms with Gasteiger partial charge in [0.2, 0.25) is 0 Å². The standard InChI is InChI=1S/C16H21N3OS2/c1-12-17-15(11-22-12)4-8-19-6-2-14(3-7-19)18-16(20)13-5-9-21-10-13/h5,9-11,14H,2-4,6-8H2,1H3,(H,18,20). The van der Waals surface area contributed by atoms with Gasteiger partial charge in [-0.2, -0.15) is 11.3 Å². The quantitative estimate of drug-likeness (QED) is 0.914. The van der Waals surface area contributed by atoms with E-state index in [9.17, 15) is 4.79 Å². The topological polar surface area (TPSA) is 45.2 Å². The Balaban J connectivity index is 1.39. The third-order valence-corrected chi connectivity index (χ3v) is 5.56. The monoisotopic (exact) mass is 335 g/mol. The van der Waals surface area contributed by atoms with Crippen LogP contribution in [0.3, 0.4) is 0 Å². The Morgan fingerprint density at radius 3 is 2.86 bits per heavy atom. The number of aryl methyl sites for hydroxylation is 1. The van der Waals surface area contributed by atoms with Crippen molar-refractivity contribution in [2.75, 3.05) is 19.6 Å². The van der Waals surface area contributed by atoms with Gasteiger partial charge >= 0.3 is 0 Å². The molecule has 1 N–H and O–H groups in total. The van der Waals surface area contributed by atoms with Crippen molar-refractivity contribution in [1.82, 2.24) is 15.2 Å². The summed E-state index contributed by atoms with van der Waals surface area (Å²) in [6.07, 6.45) is 3.09. The van der Waals surface area contributed by atoms with E-state index in [2.05, 4.69) is 27.5 Å². The zero-order valence-electron chi connectivity index (χ0n) is 12.7. The first-order chi connectivity index (χ1) is 10.7. The molecule has 1 saturated heterocycles. The van der Waals surface area contributed by atoms with E-state index < -0.39 is 0 Å². The maximum atomic E-state index is 12.0. The highest BCUT2D eigenvalue weighted by atomic mass is 32.1. The van der Waals surface area contributed by atoms with Crippen molar-refractivity contribution in [3.05, 3.63) is 38.5 Å². The Hall–Kier alpha value is -1.24. The van der Waals surface area contributed by atoms with Crippen LogP contribution in [-0.4, -0.2) is 41.5 Å². The molecule has 0 bridgehead atoms. The normalized spacial score (nSPS) is 16.8. The van der Waals surface area contributed by atoms with Crippen LogP contribution >= 0.6 is 22.7 Å². The molecule has 6 heteroatoms. The lowest BCUT2D eigenvalue weighted by atomic mass is 10.0. The summed E-state index contributed by atoms with van der Waals surface area (Å²) in [6.45, 7) is 5.22. The summed E-state index contributed by atoms with van der Waals surface area (Å²) in [5, 5.41) is 10.3. The molecule has 1 aliphatic heterocycles. The number of likely N-dealkylation sites (tertiary alicyclic amines) is 1. The second kappa shape index (κ2) is 7.35. The van der Waals surface area contributed by atoms with Gasteiger partial charge in [0.15, 0.2) is 0 Å². The zero-order chi connectivity index (χ0) is 15.4. The number of hydrogen-bond donors (Lipinski definition) is 1. The zero-order valence-corrected chi connectivity index (χ0v) is 14.4. The smallest absolute Gasteiger partial charge is 0.252 e. The largest absolute Gasteiger partial charge is 0.349 e. The minimum Gasteiger partial charge on any atom is -0.349 e. The second-order valence-corrected chi connectivity index (χ2v) is 7.55. The highest BCUT2D eigenvalue weighted by Crippen LogP contribution is 2.14. The van der Waals surface area contributed by atoms with Crippen LogP contribution in [0.15, 0.2) is 22.2 Å². The molecule has 0 aliphatic carbocycles. The summed E-state index contributed by atoms with van der Waals surface area (Å²) in [5.74, 6) is 0.0673. The molecule has 2 aromatic heterocycles. The van der Waals surface area contributed by atoms with E-state index in [0.29, 0.717) is 6.04 Å². The summed E-state index contributed by atoms with van der Waals surface area (Å²) < 4.78 is 0. The third kappa shape index (κ3) is 4.15. The summed E-state index contributed by atoms with van der Waals surface area (Å²) in [5.41, 5.74) is 1.99. The predicted molar refractivity (Wildman–Crippen MR) is 91.8 cm³/mol. The molecule has 0 aromatic carbocycles. The third-order valence-electron chi connectivity index (χ3n) is 4.06. The van der Waals surface area contributed by atoms with Crippen molar-refractivity contribution in [1.29, 1.82) is 0 Å². The molecular formula is C16H21N3OS2. The van der Waals surface area contributed by atoms with Crippen molar-refractivity contribution >= 4 is 28.6 Å². The van der Waals surface area contributed by atoms with E-state index in [1.807, 2.05) is 16.8 Å². The number of hydrogen-bond acceptors (Lipinski definition) is 5. The Kier molecular flexibility index (Phi) is 5.23. The SMILES string of the molecule is Cc1nc(CCN2CCC(NC(=O)c3ccsc3)CC2)cs1. The molecule has 1 amide bonds. The van der Waals surface area contributed by atoms with Crippen molar-refractivity contribution in [3.8, 4) is 0 Å². The van der Waals surface area contributed by atoms with Gasteiger partial charge in [0.05, 0.1) is 10.7 Å². The number of nitrogens with zero attached hydrogens (tertiary/aromatic N) is 2. The molecule has 1 fully saturated rings. The molecular weight excluding hydrogens is 314 g/mol. The van der Waals surface area contributed by atoms with Crippen LogP contribution in [0.1, 0.15) is 33.9 Å². The molecule has 22 heavy (non-hydrogen) atoms. The molecule has 0 unspecified atom stereocenters. The van der Waals surface area contributed by atoms with Crippen molar-refractivity contribution in [3.63, 3.8) is 0 Å². The van der Waals surface area contributed by atoms with E-state index in [4.69, 9.17) is 0 Å². The molecule has 118 valence electrons. The first-order valence-electron chi connectivity index (χ1n) is 7.67. The van der Waals surface area contributed by atoms with E-state index in [-0.39, 0.29) is 5.91 Å². The number of thiophene rings is 1. The van der Waals surface area contributed by atoms with Crippen molar-refractivity contribution in [2.45, 2.75) is 32.2 Å². The number of nitrogens with one attached hydrogen (secondary N) is 1. The first-order valence-corrected chi connectivity index (χ1v) is 9.49. The molecule has 3 rings (SSSR count). The molecule has 1 aliphatic rings. The van der Waals surface area contributed by atoms with Crippen molar-refractivity contribution < 1.29 is 4.79 Å². The Morgan fingerprint density at radius 1 is 1.41 bits per heavy atom. The maximum absolute atomic E-state index is 12.0. The average Bonchev–Trinajstić information content (AvgIpc) is 3.18. The van der Waals surface area contributed by atoms with Crippen molar-refractivity contribution in [2.24, 2.45) is 0 Å². The van der Waals surface area contributed by atoms with Crippen LogP contribution in [0.2, 0.25) is 0 Å². The van der Waals surface area contributed by atoms with Crippen LogP contribution < -0.4 is 5.32 Å². The van der Waals surface area contributed by atoms with Gasteiger partial charge in [0.1, 0.15) is 0 Å². The summed E-state index contributed by atoms with van der Waals surface area (Å²) in [4.78, 5) is 19.0. The van der Waals surface area contributed by atoms with Crippen LogP contribution in [0.25, 0.3) is 0 Å². The van der Waals surface area contributed by atoms with Gasteiger partial charge in [0, 0.05) is 48.4 Å². The highest BCUT2D eigenvalue weighted by molar-refractivity contribution is 7.09. The van der Waals surface area contributed by atoms with Crippen LogP contribution in [0.5, 0.6) is 0 Å². The van der Waals surface area contributed by atoms with E-state index in [1.54, 1.807) is 22.7 Å². The molecule has 2 aromatic rings. The second-order valence-electron chi connectivity index (χ2n) is 5.71. The minimum atomic E-state index is 0.0673. The fourth-order valence-corrected chi connectivity index (χ4v) is 4.04. The van der Waals surface area contributed by atoms with Crippen LogP contribution in [0, 0.1) is 6.92 Å². The number of thiazole rings is 1. The molecule has 0 atom stereocenters. The molecule has 0 spiro atoms. The average molecular weight is 335 g/mol. The molecule has 0 radical (unpaired) electrons. The number of rotatable bonds is 5. The molecule has 0 saturated carbocycles. The summed E-state index contributed by atoms with van der Waals surface area (Å²) >= 11 is 3.28. The lowest BCUT2D eigenvalue weighted by Gasteiger charge is -2.32. The number of carbonyl (C=O) groups excluding carboxylic acids is 1. The highest BCUT2D eigenvalue weighted by Gasteiger charge is 2.21. The fraction of sp³-hybridized carbons (Fsp3) is 0.500. The number of carbonyl (C=O) groups is 1. The van der Waals surface area contributed by atoms with Gasteiger partial charge < -0.3 is 10.2 Å². The van der Waals surface area contributed by atoms with Gasteiger partial charge in [-0.15, -0.1) is 11.3 Å². The number of aromatic nitrogens is 1. The van der Waals surface area contributed by atoms with Gasteiger partial charge in [-0.1, -0.05) is 0 Å². The number of piperidine rings is 1. The lowest BCUT2D eigenvalue weighted by Crippen LogP contribution is -2.45. The first kappa shape index (κ1) is 15.6. The molecule has 4 nitrogen and oxygen atoms in total. The maximum Gasteiger partial charge on any atom is 0.252 e. The van der Waals surface area contributed by atoms with Gasteiger partial charge in [0.25, 0.3) is 5.91 Å². The van der Waals surface area contributed by atoms with E-state index >= 15 is 0 Å². The molecule has 3 heterocycles. The van der Waals surface area contributed by atoms with Crippen LogP contribution in [0.4, 0.5) is 0 Å². The predicted octanol–water partition coefficient (Wildman–Crippen LogP) is 2.95. The van der Waals surface area contributed by atoms with Gasteiger partial charge in [-0.25, -0.2) is 4.98 Å². The van der Waals surface area contributed by atoms with E-state index in [1.165, 1.54) is 5.69 Å². The van der Waals surface area contributed by atoms with Gasteiger partial charge in [-0.3, -0.25) is 4.79 Å². The van der Waals surface area contributed by atoms with Crippen LogP contribution in [-0.2, 0) is 6.42 Å². The summed E-state index contributed by atoms with van der Waals surface area (Å²) in [7, 11) is 0. The summed E-state index contributed by atoms with van der Waals surface area (Å²) in [6, 6.07) is 2.19. The Bertz CT molecular complexity index is 601. The minimum absolute atomic E-state index is 0.0673.